The van der Waals surface area contributed by atoms with Gasteiger partial charge in [-0.15, -0.1) is 0 Å². The highest BCUT2D eigenvalue weighted by atomic mass is 16.7. The Labute approximate surface area is 210 Å². The molecule has 0 saturated carbocycles. The number of carboxylic acid groups (broad SMARTS) is 1. The number of aliphatic hydroxyl groups excluding tert-OH is 2. The Morgan fingerprint density at radius 2 is 1.95 bits per heavy atom. The van der Waals surface area contributed by atoms with E-state index in [9.17, 15) is 34.5 Å². The molecule has 6 N–H and O–H groups in total. The molecule has 15 heteroatoms. The van der Waals surface area contributed by atoms with Crippen molar-refractivity contribution in [1.29, 1.82) is 0 Å². The molecular formula is C22H31N5O10. The molecule has 4 heterocycles. The van der Waals surface area contributed by atoms with Crippen LogP contribution in [-0.2, 0) is 23.8 Å². The molecule has 0 radical (unpaired) electrons. The first-order chi connectivity index (χ1) is 17.5. The summed E-state index contributed by atoms with van der Waals surface area (Å²) in [6.45, 7) is 0.0930. The van der Waals surface area contributed by atoms with Crippen molar-refractivity contribution in [3.8, 4) is 0 Å². The number of aliphatic carboxylic acids is 1. The van der Waals surface area contributed by atoms with Gasteiger partial charge in [0.1, 0.15) is 30.2 Å². The van der Waals surface area contributed by atoms with Gasteiger partial charge in [-0.25, -0.2) is 9.59 Å². The number of ether oxygens (including phenoxy) is 3. The van der Waals surface area contributed by atoms with Gasteiger partial charge >= 0.3 is 11.7 Å². The van der Waals surface area contributed by atoms with E-state index in [-0.39, 0.29) is 31.6 Å². The minimum Gasteiger partial charge on any atom is -0.477 e. The number of aromatic nitrogens is 2. The fourth-order valence-electron chi connectivity index (χ4n) is 4.90. The van der Waals surface area contributed by atoms with Crippen LogP contribution in [0.4, 0.5) is 0 Å². The number of H-pyrrole nitrogens is 1. The highest BCUT2D eigenvalue weighted by Crippen LogP contribution is 2.35. The minimum absolute atomic E-state index is 0.0301. The van der Waals surface area contributed by atoms with Crippen molar-refractivity contribution in [1.82, 2.24) is 19.4 Å². The number of nitrogens with two attached hydrogens (primary N) is 1. The zero-order valence-corrected chi connectivity index (χ0v) is 20.3. The molecule has 15 nitrogen and oxygen atoms in total. The van der Waals surface area contributed by atoms with Crippen LogP contribution in [0, 0.1) is 0 Å². The first-order valence-electron chi connectivity index (χ1n) is 11.8. The van der Waals surface area contributed by atoms with E-state index in [0.717, 1.165) is 15.5 Å². The SMILES string of the molecule is CN1C(=O)[C@H]([C@@H](O[C@H]2C[C@H](O)[C@@H](CN)O2)[C@H]2O[C@@H](n3ccc(=O)[nH]c3=O)C[C@@H]2O)N(C)CC=C1C(=O)O. The van der Waals surface area contributed by atoms with Gasteiger partial charge in [-0.2, -0.15) is 0 Å². The smallest absolute Gasteiger partial charge is 0.352 e. The Hall–Kier alpha value is -2.92. The second kappa shape index (κ2) is 10.8. The monoisotopic (exact) mass is 525 g/mol. The molecule has 0 aliphatic carbocycles. The summed E-state index contributed by atoms with van der Waals surface area (Å²) in [6.07, 6.45) is -4.59. The lowest BCUT2D eigenvalue weighted by Gasteiger charge is -2.38. The van der Waals surface area contributed by atoms with E-state index in [4.69, 9.17) is 19.9 Å². The third-order valence-corrected chi connectivity index (χ3v) is 6.88. The van der Waals surface area contributed by atoms with Crippen molar-refractivity contribution in [3.63, 3.8) is 0 Å². The number of hydrogen-bond donors (Lipinski definition) is 5. The highest BCUT2D eigenvalue weighted by Gasteiger charge is 2.50. The number of aliphatic hydroxyl groups is 2. The molecule has 204 valence electrons. The first kappa shape index (κ1) is 27.1. The van der Waals surface area contributed by atoms with Gasteiger partial charge in [0.25, 0.3) is 5.56 Å². The number of rotatable bonds is 7. The zero-order chi connectivity index (χ0) is 27.0. The largest absolute Gasteiger partial charge is 0.477 e. The summed E-state index contributed by atoms with van der Waals surface area (Å²) in [7, 11) is 2.91. The summed E-state index contributed by atoms with van der Waals surface area (Å²) in [6, 6.07) is -0.00277. The van der Waals surface area contributed by atoms with Crippen LogP contribution < -0.4 is 17.0 Å². The van der Waals surface area contributed by atoms with Crippen LogP contribution in [0.3, 0.4) is 0 Å². The molecule has 2 fully saturated rings. The van der Waals surface area contributed by atoms with Crippen LogP contribution in [0.15, 0.2) is 33.6 Å². The molecule has 1 amide bonds. The third-order valence-electron chi connectivity index (χ3n) is 6.88. The Bertz CT molecular complexity index is 1170. The number of likely N-dealkylation sites (N-methyl/N-ethyl adjacent to an activating group) is 2. The lowest BCUT2D eigenvalue weighted by atomic mass is 9.98. The van der Waals surface area contributed by atoms with Crippen molar-refractivity contribution in [2.75, 3.05) is 27.2 Å². The van der Waals surface area contributed by atoms with Gasteiger partial charge < -0.3 is 40.2 Å². The number of amides is 1. The second-order valence-electron chi connectivity index (χ2n) is 9.30. The van der Waals surface area contributed by atoms with Crippen molar-refractivity contribution in [2.24, 2.45) is 5.73 Å². The molecule has 0 aromatic carbocycles. The molecule has 3 aliphatic heterocycles. The van der Waals surface area contributed by atoms with E-state index in [1.54, 1.807) is 11.9 Å². The summed E-state index contributed by atoms with van der Waals surface area (Å²) < 4.78 is 19.0. The molecule has 0 spiro atoms. The normalized spacial score (nSPS) is 33.9. The zero-order valence-electron chi connectivity index (χ0n) is 20.3. The molecule has 4 rings (SSSR count). The lowest BCUT2D eigenvalue weighted by molar-refractivity contribution is -0.215. The van der Waals surface area contributed by atoms with E-state index in [2.05, 4.69) is 4.98 Å². The van der Waals surface area contributed by atoms with Gasteiger partial charge in [0.15, 0.2) is 6.29 Å². The van der Waals surface area contributed by atoms with Crippen molar-refractivity contribution in [3.05, 3.63) is 44.9 Å². The molecule has 3 aliphatic rings. The van der Waals surface area contributed by atoms with Crippen LogP contribution >= 0.6 is 0 Å². The van der Waals surface area contributed by atoms with Crippen LogP contribution in [0.1, 0.15) is 19.1 Å². The number of carbonyl (C=O) groups excluding carboxylic acids is 1. The molecular weight excluding hydrogens is 494 g/mol. The predicted octanol–water partition coefficient (Wildman–Crippen LogP) is -3.25. The van der Waals surface area contributed by atoms with Crippen molar-refractivity contribution >= 4 is 11.9 Å². The minimum atomic E-state index is -1.29. The molecule has 0 bridgehead atoms. The van der Waals surface area contributed by atoms with Crippen LogP contribution in [0.5, 0.6) is 0 Å². The van der Waals surface area contributed by atoms with Crippen molar-refractivity contribution < 1.29 is 39.1 Å². The molecule has 37 heavy (non-hydrogen) atoms. The second-order valence-corrected chi connectivity index (χ2v) is 9.30. The van der Waals surface area contributed by atoms with Gasteiger partial charge in [0.05, 0.1) is 18.3 Å². The summed E-state index contributed by atoms with van der Waals surface area (Å²) in [5.74, 6) is -1.92. The predicted molar refractivity (Wildman–Crippen MR) is 124 cm³/mol. The quantitative estimate of drug-likeness (QED) is 0.238. The molecule has 1 aromatic rings. The number of carbonyl (C=O) groups is 2. The number of hydrogen-bond acceptors (Lipinski definition) is 11. The fourth-order valence-corrected chi connectivity index (χ4v) is 4.90. The van der Waals surface area contributed by atoms with Crippen LogP contribution in [0.25, 0.3) is 0 Å². The summed E-state index contributed by atoms with van der Waals surface area (Å²) in [4.78, 5) is 53.7. The van der Waals surface area contributed by atoms with Gasteiger partial charge in [0, 0.05) is 45.2 Å². The maximum atomic E-state index is 13.5. The molecule has 2 saturated heterocycles. The highest BCUT2D eigenvalue weighted by molar-refractivity contribution is 5.95. The first-order valence-corrected chi connectivity index (χ1v) is 11.8. The molecule has 8 atom stereocenters. The fraction of sp³-hybridized carbons (Fsp3) is 0.636. The molecule has 1 aromatic heterocycles. The lowest BCUT2D eigenvalue weighted by Crippen LogP contribution is -2.58. The number of nitrogens with zero attached hydrogens (tertiary/aromatic N) is 3. The summed E-state index contributed by atoms with van der Waals surface area (Å²) >= 11 is 0. The van der Waals surface area contributed by atoms with E-state index >= 15 is 0 Å². The molecule has 0 unspecified atom stereocenters. The van der Waals surface area contributed by atoms with Crippen LogP contribution in [-0.4, -0.2) is 117 Å². The standard InChI is InChI=1S/C22H31N5O10/c1-25-5-3-10(21(32)33)26(2)20(31)17(25)19(37-16-8-11(28)13(9-23)35-16)18-12(29)7-15(36-18)27-6-4-14(30)24-22(27)34/h3-4,6,11-13,15-19,28-29H,5,7-9,23H2,1-2H3,(H,32,33)(H,24,30,34)/t11-,12-,13+,15+,16-,17-,18-,19+/m0/s1. The van der Waals surface area contributed by atoms with Crippen LogP contribution in [0.2, 0.25) is 0 Å². The Balaban J connectivity index is 1.67. The van der Waals surface area contributed by atoms with Crippen molar-refractivity contribution in [2.45, 2.75) is 61.9 Å². The van der Waals surface area contributed by atoms with E-state index in [0.29, 0.717) is 0 Å². The van der Waals surface area contributed by atoms with Gasteiger partial charge in [-0.3, -0.25) is 24.0 Å². The maximum absolute atomic E-state index is 13.5. The van der Waals surface area contributed by atoms with Gasteiger partial charge in [0.2, 0.25) is 5.91 Å². The topological polar surface area (TPSA) is 210 Å². The number of aromatic amines is 1. The van der Waals surface area contributed by atoms with Gasteiger partial charge in [-0.1, -0.05) is 0 Å². The Morgan fingerprint density at radius 3 is 2.57 bits per heavy atom. The van der Waals surface area contributed by atoms with Gasteiger partial charge in [-0.05, 0) is 13.1 Å². The van der Waals surface area contributed by atoms with E-state index in [1.807, 2.05) is 0 Å². The number of carboxylic acids is 1. The summed E-state index contributed by atoms with van der Waals surface area (Å²) in [5.41, 5.74) is 4.08. The van der Waals surface area contributed by atoms with E-state index in [1.165, 1.54) is 19.3 Å². The summed E-state index contributed by atoms with van der Waals surface area (Å²) in [5, 5.41) is 30.8. The van der Waals surface area contributed by atoms with E-state index < -0.39 is 72.2 Å². The average Bonchev–Trinajstić information content (AvgIpc) is 3.36. The maximum Gasteiger partial charge on any atom is 0.352 e. The average molecular weight is 526 g/mol. The Kier molecular flexibility index (Phi) is 7.94. The number of nitrogens with one attached hydrogen (secondary N) is 1. The Morgan fingerprint density at radius 1 is 1.22 bits per heavy atom. The third kappa shape index (κ3) is 5.38.